The molecule has 0 aromatic rings. The third-order valence-corrected chi connectivity index (χ3v) is 0.928. The Balaban J connectivity index is 3.26. The van der Waals surface area contributed by atoms with Crippen molar-refractivity contribution in [2.75, 3.05) is 6.54 Å². The molecular weight excluding hydrogens is 118 g/mol. The van der Waals surface area contributed by atoms with E-state index in [1.165, 1.54) is 6.92 Å². The Kier molecular flexibility index (Phi) is 4.30. The maximum absolute atomic E-state index is 8.85. The molecule has 3 nitrogen and oxygen atoms in total. The van der Waals surface area contributed by atoms with Crippen LogP contribution in [-0.4, -0.2) is 29.1 Å². The lowest BCUT2D eigenvalue weighted by Gasteiger charge is -2.13. The summed E-state index contributed by atoms with van der Waals surface area (Å²) in [7, 11) is 0. The molecule has 0 aliphatic rings. The number of nitrogens with one attached hydrogen (secondary N) is 1. The van der Waals surface area contributed by atoms with Crippen molar-refractivity contribution in [3.63, 3.8) is 0 Å². The first kappa shape index (κ1) is 8.62. The molecule has 0 aromatic heterocycles. The second kappa shape index (κ2) is 4.49. The zero-order chi connectivity index (χ0) is 7.28. The minimum Gasteiger partial charge on any atom is -0.389 e. The number of aliphatic hydroxyl groups is 2. The van der Waals surface area contributed by atoms with Gasteiger partial charge in [-0.1, -0.05) is 6.08 Å². The van der Waals surface area contributed by atoms with E-state index in [1.54, 1.807) is 6.08 Å². The van der Waals surface area contributed by atoms with Gasteiger partial charge in [0.1, 0.15) is 6.23 Å². The highest BCUT2D eigenvalue weighted by Crippen LogP contribution is 1.84. The van der Waals surface area contributed by atoms with Gasteiger partial charge in [-0.15, -0.1) is 6.58 Å². The minimum absolute atomic E-state index is 0.506. The normalized spacial score (nSPS) is 16.8. The Morgan fingerprint density at radius 3 is 2.56 bits per heavy atom. The molecule has 3 N–H and O–H groups in total. The minimum atomic E-state index is -0.844. The van der Waals surface area contributed by atoms with E-state index in [9.17, 15) is 0 Å². The van der Waals surface area contributed by atoms with Crippen LogP contribution in [0.25, 0.3) is 0 Å². The van der Waals surface area contributed by atoms with Gasteiger partial charge in [0.05, 0.1) is 6.10 Å². The first-order valence-electron chi connectivity index (χ1n) is 2.89. The third-order valence-electron chi connectivity index (χ3n) is 0.928. The lowest BCUT2D eigenvalue weighted by atomic mass is 10.3. The molecule has 54 valence electrons. The fraction of sp³-hybridized carbons (Fsp3) is 0.667. The van der Waals surface area contributed by atoms with E-state index in [1.807, 2.05) is 0 Å². The average molecular weight is 131 g/mol. The summed E-state index contributed by atoms with van der Waals surface area (Å²) >= 11 is 0. The van der Waals surface area contributed by atoms with Crippen molar-refractivity contribution < 1.29 is 10.2 Å². The van der Waals surface area contributed by atoms with Gasteiger partial charge in [0.15, 0.2) is 0 Å². The van der Waals surface area contributed by atoms with Crippen LogP contribution >= 0.6 is 0 Å². The van der Waals surface area contributed by atoms with E-state index < -0.39 is 12.3 Å². The molecule has 2 atom stereocenters. The van der Waals surface area contributed by atoms with E-state index in [-0.39, 0.29) is 0 Å². The van der Waals surface area contributed by atoms with Crippen LogP contribution < -0.4 is 5.32 Å². The Bertz CT molecular complexity index is 83.1. The van der Waals surface area contributed by atoms with Gasteiger partial charge in [-0.3, -0.25) is 5.32 Å². The summed E-state index contributed by atoms with van der Waals surface area (Å²) in [6.45, 7) is 5.46. The zero-order valence-electron chi connectivity index (χ0n) is 5.54. The molecule has 0 aliphatic heterocycles. The van der Waals surface area contributed by atoms with Crippen molar-refractivity contribution in [1.29, 1.82) is 0 Å². The number of aliphatic hydroxyl groups excluding tert-OH is 2. The van der Waals surface area contributed by atoms with Crippen molar-refractivity contribution in [2.24, 2.45) is 0 Å². The largest absolute Gasteiger partial charge is 0.389 e. The Morgan fingerprint density at radius 2 is 2.22 bits per heavy atom. The number of hydrogen-bond acceptors (Lipinski definition) is 3. The van der Waals surface area contributed by atoms with E-state index in [0.29, 0.717) is 6.54 Å². The average Bonchev–Trinajstić information content (AvgIpc) is 1.82. The molecule has 0 spiro atoms. The molecule has 0 aliphatic carbocycles. The summed E-state index contributed by atoms with van der Waals surface area (Å²) < 4.78 is 0. The molecule has 9 heavy (non-hydrogen) atoms. The summed E-state index contributed by atoms with van der Waals surface area (Å²) in [6, 6.07) is 0. The van der Waals surface area contributed by atoms with Crippen LogP contribution in [0.2, 0.25) is 0 Å². The fourth-order valence-corrected chi connectivity index (χ4v) is 0.375. The van der Waals surface area contributed by atoms with Gasteiger partial charge in [0, 0.05) is 6.54 Å². The maximum Gasteiger partial charge on any atom is 0.131 e. The summed E-state index contributed by atoms with van der Waals surface area (Å²) in [5.41, 5.74) is 0. The predicted octanol–water partition coefficient (Wildman–Crippen LogP) is -0.539. The van der Waals surface area contributed by atoms with Gasteiger partial charge in [0.2, 0.25) is 0 Å². The van der Waals surface area contributed by atoms with Gasteiger partial charge < -0.3 is 10.2 Å². The molecule has 0 saturated carbocycles. The molecule has 0 radical (unpaired) electrons. The third kappa shape index (κ3) is 4.14. The van der Waals surface area contributed by atoms with E-state index in [2.05, 4.69) is 11.9 Å². The molecule has 0 fully saturated rings. The topological polar surface area (TPSA) is 52.5 Å². The fourth-order valence-electron chi connectivity index (χ4n) is 0.375. The van der Waals surface area contributed by atoms with Gasteiger partial charge in [0.25, 0.3) is 0 Å². The van der Waals surface area contributed by atoms with Crippen LogP contribution in [0.5, 0.6) is 0 Å². The van der Waals surface area contributed by atoms with Crippen molar-refractivity contribution in [3.8, 4) is 0 Å². The summed E-state index contributed by atoms with van der Waals surface area (Å²) in [5.74, 6) is 0. The highest BCUT2D eigenvalue weighted by atomic mass is 16.3. The van der Waals surface area contributed by atoms with Crippen molar-refractivity contribution >= 4 is 0 Å². The van der Waals surface area contributed by atoms with Crippen LogP contribution in [-0.2, 0) is 0 Å². The first-order valence-corrected chi connectivity index (χ1v) is 2.89. The number of rotatable bonds is 4. The van der Waals surface area contributed by atoms with Gasteiger partial charge in [-0.05, 0) is 6.92 Å². The van der Waals surface area contributed by atoms with Crippen molar-refractivity contribution in [3.05, 3.63) is 12.7 Å². The van der Waals surface area contributed by atoms with E-state index in [0.717, 1.165) is 0 Å². The summed E-state index contributed by atoms with van der Waals surface area (Å²) in [6.07, 6.45) is 0.0407. The maximum atomic E-state index is 8.85. The molecule has 0 amide bonds. The SMILES string of the molecule is C=CCNC(O)C(C)O. The molecule has 2 unspecified atom stereocenters. The summed E-state index contributed by atoms with van der Waals surface area (Å²) in [4.78, 5) is 0. The molecule has 0 heterocycles. The summed E-state index contributed by atoms with van der Waals surface area (Å²) in [5, 5.41) is 20.2. The first-order chi connectivity index (χ1) is 4.18. The Labute approximate surface area is 55.0 Å². The van der Waals surface area contributed by atoms with Gasteiger partial charge in [-0.2, -0.15) is 0 Å². The number of hydrogen-bond donors (Lipinski definition) is 3. The molecule has 3 heteroatoms. The van der Waals surface area contributed by atoms with Crippen LogP contribution in [0, 0.1) is 0 Å². The van der Waals surface area contributed by atoms with Crippen molar-refractivity contribution in [1.82, 2.24) is 5.32 Å². The zero-order valence-corrected chi connectivity index (χ0v) is 5.54. The van der Waals surface area contributed by atoms with Crippen LogP contribution in [0.1, 0.15) is 6.92 Å². The molecule has 0 aromatic carbocycles. The lowest BCUT2D eigenvalue weighted by Crippen LogP contribution is -2.37. The smallest absolute Gasteiger partial charge is 0.131 e. The van der Waals surface area contributed by atoms with Crippen LogP contribution in [0.3, 0.4) is 0 Å². The van der Waals surface area contributed by atoms with E-state index in [4.69, 9.17) is 10.2 Å². The second-order valence-corrected chi connectivity index (χ2v) is 1.88. The van der Waals surface area contributed by atoms with Gasteiger partial charge in [-0.25, -0.2) is 0 Å². The molecular formula is C6H13NO2. The monoisotopic (exact) mass is 131 g/mol. The van der Waals surface area contributed by atoms with Crippen molar-refractivity contribution in [2.45, 2.75) is 19.3 Å². The standard InChI is InChI=1S/C6H13NO2/c1-3-4-7-6(9)5(2)8/h3,5-9H,1,4H2,2H3. The molecule has 0 rings (SSSR count). The predicted molar refractivity (Wildman–Crippen MR) is 35.9 cm³/mol. The molecule has 0 saturated heterocycles. The van der Waals surface area contributed by atoms with Gasteiger partial charge >= 0.3 is 0 Å². The van der Waals surface area contributed by atoms with Crippen LogP contribution in [0.15, 0.2) is 12.7 Å². The Hall–Kier alpha value is -0.380. The quantitative estimate of drug-likeness (QED) is 0.355. The lowest BCUT2D eigenvalue weighted by molar-refractivity contribution is 0.0117. The highest BCUT2D eigenvalue weighted by molar-refractivity contribution is 4.72. The van der Waals surface area contributed by atoms with Crippen LogP contribution in [0.4, 0.5) is 0 Å². The van der Waals surface area contributed by atoms with E-state index >= 15 is 0 Å². The Morgan fingerprint density at radius 1 is 1.67 bits per heavy atom. The highest BCUT2D eigenvalue weighted by Gasteiger charge is 2.06. The second-order valence-electron chi connectivity index (χ2n) is 1.88. The molecule has 0 bridgehead atoms.